The smallest absolute Gasteiger partial charge is 0.229 e. The molecule has 33 heavy (non-hydrogen) atoms. The summed E-state index contributed by atoms with van der Waals surface area (Å²) in [5.41, 5.74) is 10.7. The number of nitrogen functional groups attached to an aromatic ring is 1. The molecule has 8 nitrogen and oxygen atoms in total. The van der Waals surface area contributed by atoms with E-state index in [4.69, 9.17) is 26.6 Å². The van der Waals surface area contributed by atoms with Crippen molar-refractivity contribution in [1.82, 2.24) is 14.9 Å². The quantitative estimate of drug-likeness (QED) is 0.308. The van der Waals surface area contributed by atoms with Crippen LogP contribution in [0.25, 0.3) is 0 Å². The van der Waals surface area contributed by atoms with Crippen molar-refractivity contribution in [3.8, 4) is 11.5 Å². The van der Waals surface area contributed by atoms with E-state index < -0.39 is 8.15 Å². The van der Waals surface area contributed by atoms with Gasteiger partial charge >= 0.3 is 0 Å². The van der Waals surface area contributed by atoms with Gasteiger partial charge in [-0.05, 0) is 62.2 Å². The van der Waals surface area contributed by atoms with Crippen LogP contribution in [-0.4, -0.2) is 48.9 Å². The van der Waals surface area contributed by atoms with Crippen molar-refractivity contribution in [3.05, 3.63) is 52.7 Å². The Labute approximate surface area is 200 Å². The number of aromatic nitrogens is 2. The molecule has 2 aromatic carbocycles. The molecule has 0 bridgehead atoms. The van der Waals surface area contributed by atoms with E-state index in [0.29, 0.717) is 28.2 Å². The lowest BCUT2D eigenvalue weighted by molar-refractivity contribution is 0.312. The summed E-state index contributed by atoms with van der Waals surface area (Å²) in [6.45, 7) is 5.96. The number of fused-ring (bicyclic) bond motifs is 1. The van der Waals surface area contributed by atoms with E-state index in [1.54, 1.807) is 25.4 Å². The van der Waals surface area contributed by atoms with Crippen LogP contribution >= 0.6 is 19.7 Å². The molecule has 174 valence electrons. The molecule has 0 saturated heterocycles. The highest BCUT2D eigenvalue weighted by Gasteiger charge is 2.18. The van der Waals surface area contributed by atoms with E-state index in [1.165, 1.54) is 11.1 Å². The SMILES string of the molecule is COc1cc2c(cc1Nc1ncc(Cl)c(Nc3ccc(N)cc3OP(C)C)n1)CN(C)CC2. The number of methoxy groups -OCH3 is 1. The minimum atomic E-state index is -0.632. The molecule has 0 fully saturated rings. The monoisotopic (exact) mass is 486 g/mol. The predicted octanol–water partition coefficient (Wildman–Crippen LogP) is 5.23. The summed E-state index contributed by atoms with van der Waals surface area (Å²) < 4.78 is 11.6. The zero-order chi connectivity index (χ0) is 23.5. The maximum atomic E-state index is 6.40. The van der Waals surface area contributed by atoms with Crippen LogP contribution < -0.4 is 25.6 Å². The lowest BCUT2D eigenvalue weighted by Crippen LogP contribution is -2.26. The van der Waals surface area contributed by atoms with Crippen molar-refractivity contribution in [2.24, 2.45) is 0 Å². The number of ether oxygens (including phenoxy) is 1. The van der Waals surface area contributed by atoms with Gasteiger partial charge in [-0.15, -0.1) is 0 Å². The Balaban J connectivity index is 1.62. The number of benzene rings is 2. The molecule has 4 rings (SSSR count). The normalized spacial score (nSPS) is 13.5. The average molecular weight is 487 g/mol. The molecule has 0 aliphatic carbocycles. The number of hydrogen-bond donors (Lipinski definition) is 3. The van der Waals surface area contributed by atoms with Crippen molar-refractivity contribution in [2.45, 2.75) is 13.0 Å². The minimum Gasteiger partial charge on any atom is -0.495 e. The van der Waals surface area contributed by atoms with Gasteiger partial charge in [-0.1, -0.05) is 11.6 Å². The number of rotatable bonds is 7. The average Bonchev–Trinajstić information content (AvgIpc) is 2.77. The number of nitrogens with one attached hydrogen (secondary N) is 2. The first-order valence-electron chi connectivity index (χ1n) is 10.5. The number of likely N-dealkylation sites (N-methyl/N-ethyl adjacent to an activating group) is 1. The second-order valence-electron chi connectivity index (χ2n) is 8.11. The van der Waals surface area contributed by atoms with Gasteiger partial charge in [0.2, 0.25) is 5.95 Å². The molecule has 3 aromatic rings. The first-order chi connectivity index (χ1) is 15.8. The highest BCUT2D eigenvalue weighted by Crippen LogP contribution is 2.39. The van der Waals surface area contributed by atoms with Gasteiger partial charge in [-0.3, -0.25) is 0 Å². The van der Waals surface area contributed by atoms with Crippen molar-refractivity contribution < 1.29 is 9.26 Å². The van der Waals surface area contributed by atoms with Gasteiger partial charge in [-0.25, -0.2) is 4.98 Å². The zero-order valence-corrected chi connectivity index (χ0v) is 20.8. The Morgan fingerprint density at radius 2 is 1.91 bits per heavy atom. The molecule has 10 heteroatoms. The molecule has 2 heterocycles. The molecule has 0 unspecified atom stereocenters. The largest absolute Gasteiger partial charge is 0.495 e. The number of nitrogens with two attached hydrogens (primary N) is 1. The fourth-order valence-corrected chi connectivity index (χ4v) is 4.35. The molecule has 1 aliphatic heterocycles. The first-order valence-corrected chi connectivity index (χ1v) is 13.1. The lowest BCUT2D eigenvalue weighted by Gasteiger charge is -2.26. The number of anilines is 5. The summed E-state index contributed by atoms with van der Waals surface area (Å²) in [6.07, 6.45) is 2.56. The van der Waals surface area contributed by atoms with E-state index in [1.807, 2.05) is 19.4 Å². The number of nitrogens with zero attached hydrogens (tertiary/aromatic N) is 3. The van der Waals surface area contributed by atoms with Crippen molar-refractivity contribution in [1.29, 1.82) is 0 Å². The van der Waals surface area contributed by atoms with Crippen molar-refractivity contribution >= 4 is 48.6 Å². The van der Waals surface area contributed by atoms with Gasteiger partial charge in [-0.2, -0.15) is 4.98 Å². The standard InChI is InChI=1S/C23H28ClN6O2P/c1-30-8-7-14-10-20(31-2)19(9-15(14)13-30)28-23-26-12-17(24)22(29-23)27-18-6-5-16(25)11-21(18)32-33(3)4/h5-6,9-12H,7-8,13,25H2,1-4H3,(H2,26,27,28,29). The summed E-state index contributed by atoms with van der Waals surface area (Å²) in [6, 6.07) is 9.62. The summed E-state index contributed by atoms with van der Waals surface area (Å²) >= 11 is 6.40. The van der Waals surface area contributed by atoms with E-state index in [-0.39, 0.29) is 0 Å². The van der Waals surface area contributed by atoms with Crippen molar-refractivity contribution in [2.75, 3.05) is 50.4 Å². The van der Waals surface area contributed by atoms with Crippen LogP contribution in [0, 0.1) is 0 Å². The van der Waals surface area contributed by atoms with Gasteiger partial charge in [0.05, 0.1) is 32.8 Å². The second kappa shape index (κ2) is 10.00. The molecular weight excluding hydrogens is 459 g/mol. The number of halogens is 1. The Morgan fingerprint density at radius 3 is 2.67 bits per heavy atom. The van der Waals surface area contributed by atoms with Crippen LogP contribution in [0.2, 0.25) is 5.02 Å². The van der Waals surface area contributed by atoms with E-state index >= 15 is 0 Å². The molecule has 0 radical (unpaired) electrons. The van der Waals surface area contributed by atoms with Crippen LogP contribution in [0.3, 0.4) is 0 Å². The van der Waals surface area contributed by atoms with Crippen LogP contribution in [0.1, 0.15) is 11.1 Å². The summed E-state index contributed by atoms with van der Waals surface area (Å²) in [5, 5.41) is 6.92. The molecule has 0 amide bonds. The zero-order valence-electron chi connectivity index (χ0n) is 19.1. The van der Waals surface area contributed by atoms with E-state index in [2.05, 4.69) is 44.7 Å². The highest BCUT2D eigenvalue weighted by molar-refractivity contribution is 7.51. The maximum absolute atomic E-state index is 6.40. The number of hydrogen-bond acceptors (Lipinski definition) is 8. The first kappa shape index (κ1) is 23.4. The Hall–Kier alpha value is -2.80. The third kappa shape index (κ3) is 5.58. The second-order valence-corrected chi connectivity index (χ2v) is 10.3. The van der Waals surface area contributed by atoms with Crippen LogP contribution in [-0.2, 0) is 13.0 Å². The van der Waals surface area contributed by atoms with Crippen molar-refractivity contribution in [3.63, 3.8) is 0 Å². The van der Waals surface area contributed by atoms with Gasteiger partial charge in [0.25, 0.3) is 0 Å². The minimum absolute atomic E-state index is 0.387. The fraction of sp³-hybridized carbons (Fsp3) is 0.304. The maximum Gasteiger partial charge on any atom is 0.229 e. The molecule has 1 aliphatic rings. The summed E-state index contributed by atoms with van der Waals surface area (Å²) in [4.78, 5) is 11.2. The Bertz CT molecular complexity index is 1160. The third-order valence-corrected chi connectivity index (χ3v) is 6.09. The van der Waals surface area contributed by atoms with E-state index in [0.717, 1.165) is 36.6 Å². The molecule has 1 aromatic heterocycles. The fourth-order valence-electron chi connectivity index (χ4n) is 3.67. The van der Waals surface area contributed by atoms with Gasteiger partial charge in [0, 0.05) is 24.8 Å². The third-order valence-electron chi connectivity index (χ3n) is 5.26. The van der Waals surface area contributed by atoms with Gasteiger partial charge in [0.15, 0.2) is 5.82 Å². The van der Waals surface area contributed by atoms with Gasteiger partial charge in [0.1, 0.15) is 16.5 Å². The molecule has 0 atom stereocenters. The highest BCUT2D eigenvalue weighted by atomic mass is 35.5. The van der Waals surface area contributed by atoms with Crippen LogP contribution in [0.5, 0.6) is 11.5 Å². The summed E-state index contributed by atoms with van der Waals surface area (Å²) in [7, 11) is 3.15. The molecular formula is C23H28ClN6O2P. The molecule has 4 N–H and O–H groups in total. The predicted molar refractivity (Wildman–Crippen MR) is 137 cm³/mol. The Morgan fingerprint density at radius 1 is 1.09 bits per heavy atom. The van der Waals surface area contributed by atoms with Crippen LogP contribution in [0.15, 0.2) is 36.5 Å². The van der Waals surface area contributed by atoms with E-state index in [9.17, 15) is 0 Å². The van der Waals surface area contributed by atoms with Crippen LogP contribution in [0.4, 0.5) is 28.8 Å². The molecule has 0 spiro atoms. The van der Waals surface area contributed by atoms with Gasteiger partial charge < -0.3 is 30.5 Å². The topological polar surface area (TPSA) is 97.6 Å². The summed E-state index contributed by atoms with van der Waals surface area (Å²) in [5.74, 6) is 2.25. The lowest BCUT2D eigenvalue weighted by atomic mass is 9.99. The Kier molecular flexibility index (Phi) is 7.08. The molecule has 0 saturated carbocycles.